The van der Waals surface area contributed by atoms with Crippen LogP contribution in [0.4, 0.5) is 0 Å². The summed E-state index contributed by atoms with van der Waals surface area (Å²) >= 11 is 1.83. The van der Waals surface area contributed by atoms with E-state index in [0.717, 1.165) is 18.4 Å². The lowest BCUT2D eigenvalue weighted by atomic mass is 9.87. The lowest BCUT2D eigenvalue weighted by molar-refractivity contribution is 0.329. The number of rotatable bonds is 4. The summed E-state index contributed by atoms with van der Waals surface area (Å²) in [4.78, 5) is 5.78. The van der Waals surface area contributed by atoms with E-state index in [-0.39, 0.29) is 0 Å². The van der Waals surface area contributed by atoms with E-state index in [1.54, 1.807) is 0 Å². The Labute approximate surface area is 126 Å². The lowest BCUT2D eigenvalue weighted by Gasteiger charge is -2.28. The van der Waals surface area contributed by atoms with Gasteiger partial charge in [0.25, 0.3) is 0 Å². The Bertz CT molecular complexity index is 405. The minimum Gasteiger partial charge on any atom is -0.356 e. The predicted molar refractivity (Wildman–Crippen MR) is 88.7 cm³/mol. The summed E-state index contributed by atoms with van der Waals surface area (Å²) in [5.41, 5.74) is 0. The van der Waals surface area contributed by atoms with E-state index in [2.05, 4.69) is 47.0 Å². The van der Waals surface area contributed by atoms with Crippen molar-refractivity contribution in [1.29, 1.82) is 0 Å². The predicted octanol–water partition coefficient (Wildman–Crippen LogP) is 3.60. The number of nitrogens with one attached hydrogen (secondary N) is 2. The Hall–Kier alpha value is -1.03. The molecular formula is C16H27N3S. The Balaban J connectivity index is 1.75. The molecule has 1 saturated carbocycles. The summed E-state index contributed by atoms with van der Waals surface area (Å²) in [6.45, 7) is 5.55. The highest BCUT2D eigenvalue weighted by Gasteiger charge is 2.19. The first-order valence-electron chi connectivity index (χ1n) is 7.69. The maximum atomic E-state index is 4.35. The quantitative estimate of drug-likeness (QED) is 0.657. The minimum absolute atomic E-state index is 0.528. The Kier molecular flexibility index (Phi) is 5.89. The van der Waals surface area contributed by atoms with Crippen molar-refractivity contribution in [3.8, 4) is 0 Å². The minimum atomic E-state index is 0.528. The van der Waals surface area contributed by atoms with Gasteiger partial charge in [-0.1, -0.05) is 19.9 Å². The van der Waals surface area contributed by atoms with Crippen LogP contribution in [-0.4, -0.2) is 25.6 Å². The van der Waals surface area contributed by atoms with Gasteiger partial charge < -0.3 is 10.6 Å². The molecule has 0 amide bonds. The van der Waals surface area contributed by atoms with Crippen molar-refractivity contribution >= 4 is 17.3 Å². The number of thiophene rings is 1. The van der Waals surface area contributed by atoms with E-state index in [1.165, 1.54) is 30.6 Å². The molecule has 1 aromatic heterocycles. The molecule has 1 aliphatic carbocycles. The van der Waals surface area contributed by atoms with Gasteiger partial charge in [0.1, 0.15) is 0 Å². The molecule has 0 spiro atoms. The second kappa shape index (κ2) is 7.67. The summed E-state index contributed by atoms with van der Waals surface area (Å²) in [5.74, 6) is 2.37. The van der Waals surface area contributed by atoms with Crippen LogP contribution in [0.25, 0.3) is 0 Å². The number of aliphatic imine (C=N–C) groups is 1. The van der Waals surface area contributed by atoms with Crippen molar-refractivity contribution in [2.75, 3.05) is 13.6 Å². The lowest BCUT2D eigenvalue weighted by Crippen LogP contribution is -2.45. The largest absolute Gasteiger partial charge is 0.356 e. The topological polar surface area (TPSA) is 36.4 Å². The summed E-state index contributed by atoms with van der Waals surface area (Å²) in [5, 5.41) is 9.17. The molecule has 1 fully saturated rings. The van der Waals surface area contributed by atoms with Gasteiger partial charge in [-0.15, -0.1) is 11.3 Å². The molecule has 112 valence electrons. The van der Waals surface area contributed by atoms with Crippen LogP contribution < -0.4 is 10.6 Å². The first-order chi connectivity index (χ1) is 9.69. The van der Waals surface area contributed by atoms with Gasteiger partial charge in [-0.3, -0.25) is 4.99 Å². The maximum absolute atomic E-state index is 4.35. The molecule has 0 bridgehead atoms. The third-order valence-electron chi connectivity index (χ3n) is 4.18. The van der Waals surface area contributed by atoms with E-state index in [1.807, 2.05) is 18.4 Å². The average molecular weight is 293 g/mol. The molecule has 1 aromatic rings. The van der Waals surface area contributed by atoms with E-state index in [0.29, 0.717) is 12.0 Å². The molecule has 1 aliphatic rings. The maximum Gasteiger partial charge on any atom is 0.191 e. The van der Waals surface area contributed by atoms with Crippen molar-refractivity contribution in [1.82, 2.24) is 10.6 Å². The molecule has 0 aliphatic heterocycles. The van der Waals surface area contributed by atoms with Crippen molar-refractivity contribution in [2.45, 2.75) is 51.5 Å². The van der Waals surface area contributed by atoms with E-state index in [9.17, 15) is 0 Å². The fourth-order valence-electron chi connectivity index (χ4n) is 2.71. The second-order valence-corrected chi connectivity index (χ2v) is 6.95. The molecule has 2 N–H and O–H groups in total. The molecule has 1 heterocycles. The van der Waals surface area contributed by atoms with E-state index >= 15 is 0 Å². The highest BCUT2D eigenvalue weighted by Crippen LogP contribution is 2.23. The molecule has 0 saturated heterocycles. The zero-order chi connectivity index (χ0) is 14.4. The summed E-state index contributed by atoms with van der Waals surface area (Å²) < 4.78 is 0. The number of nitrogens with zero attached hydrogens (tertiary/aromatic N) is 1. The van der Waals surface area contributed by atoms with Crippen LogP contribution in [0.1, 0.15) is 50.3 Å². The summed E-state index contributed by atoms with van der Waals surface area (Å²) in [6.07, 6.45) is 5.20. The molecule has 0 aromatic carbocycles. The molecule has 4 heteroatoms. The van der Waals surface area contributed by atoms with E-state index in [4.69, 9.17) is 0 Å². The van der Waals surface area contributed by atoms with Gasteiger partial charge in [-0.2, -0.15) is 0 Å². The van der Waals surface area contributed by atoms with Crippen molar-refractivity contribution in [2.24, 2.45) is 10.9 Å². The first kappa shape index (κ1) is 15.4. The Morgan fingerprint density at radius 3 is 2.75 bits per heavy atom. The number of hydrogen-bond acceptors (Lipinski definition) is 2. The highest BCUT2D eigenvalue weighted by atomic mass is 32.1. The van der Waals surface area contributed by atoms with Crippen LogP contribution in [0.15, 0.2) is 22.5 Å². The third-order valence-corrected chi connectivity index (χ3v) is 5.29. The van der Waals surface area contributed by atoms with Gasteiger partial charge in [0.05, 0.1) is 0 Å². The summed E-state index contributed by atoms with van der Waals surface area (Å²) in [7, 11) is 1.86. The van der Waals surface area contributed by atoms with Crippen molar-refractivity contribution in [3.05, 3.63) is 22.4 Å². The number of guanidine groups is 1. The Morgan fingerprint density at radius 1 is 1.40 bits per heavy atom. The molecule has 20 heavy (non-hydrogen) atoms. The number of hydrogen-bond donors (Lipinski definition) is 2. The standard InChI is InChI=1S/C16H27N3S/c1-12-6-8-14(9-7-12)19-16(17-3)18-11-13(2)15-5-4-10-20-15/h4-5,10,12-14H,6-9,11H2,1-3H3,(H2,17,18,19). The fourth-order valence-corrected chi connectivity index (χ4v) is 3.50. The highest BCUT2D eigenvalue weighted by molar-refractivity contribution is 7.10. The van der Waals surface area contributed by atoms with Gasteiger partial charge in [0, 0.05) is 30.4 Å². The smallest absolute Gasteiger partial charge is 0.191 e. The summed E-state index contributed by atoms with van der Waals surface area (Å²) in [6, 6.07) is 4.91. The van der Waals surface area contributed by atoms with Gasteiger partial charge in [0.15, 0.2) is 5.96 Å². The van der Waals surface area contributed by atoms with Crippen molar-refractivity contribution < 1.29 is 0 Å². The van der Waals surface area contributed by atoms with Crippen LogP contribution in [0, 0.1) is 5.92 Å². The molecular weight excluding hydrogens is 266 g/mol. The van der Waals surface area contributed by atoms with Gasteiger partial charge in [-0.25, -0.2) is 0 Å². The second-order valence-electron chi connectivity index (χ2n) is 5.97. The van der Waals surface area contributed by atoms with Gasteiger partial charge in [0.2, 0.25) is 0 Å². The van der Waals surface area contributed by atoms with Crippen LogP contribution in [-0.2, 0) is 0 Å². The normalized spacial score (nSPS) is 25.2. The Morgan fingerprint density at radius 2 is 2.15 bits per heavy atom. The zero-order valence-electron chi connectivity index (χ0n) is 12.9. The average Bonchev–Trinajstić information content (AvgIpc) is 2.99. The van der Waals surface area contributed by atoms with Crippen LogP contribution in [0.5, 0.6) is 0 Å². The van der Waals surface area contributed by atoms with Crippen LogP contribution in [0.2, 0.25) is 0 Å². The van der Waals surface area contributed by atoms with Gasteiger partial charge in [-0.05, 0) is 43.0 Å². The monoisotopic (exact) mass is 293 g/mol. The molecule has 1 atom stereocenters. The van der Waals surface area contributed by atoms with Gasteiger partial charge >= 0.3 is 0 Å². The molecule has 1 unspecified atom stereocenters. The first-order valence-corrected chi connectivity index (χ1v) is 8.57. The molecule has 0 radical (unpaired) electrons. The van der Waals surface area contributed by atoms with Crippen LogP contribution in [0.3, 0.4) is 0 Å². The fraction of sp³-hybridized carbons (Fsp3) is 0.688. The van der Waals surface area contributed by atoms with Crippen LogP contribution >= 0.6 is 11.3 Å². The molecule has 2 rings (SSSR count). The SMILES string of the molecule is CN=C(NCC(C)c1cccs1)NC1CCC(C)CC1. The van der Waals surface area contributed by atoms with Crippen molar-refractivity contribution in [3.63, 3.8) is 0 Å². The van der Waals surface area contributed by atoms with E-state index < -0.39 is 0 Å². The third kappa shape index (κ3) is 4.51. The molecule has 3 nitrogen and oxygen atoms in total. The zero-order valence-corrected chi connectivity index (χ0v) is 13.7.